The summed E-state index contributed by atoms with van der Waals surface area (Å²) in [4.78, 5) is 11.7. The molecule has 0 aliphatic carbocycles. The molecule has 32 heavy (non-hydrogen) atoms. The van der Waals surface area contributed by atoms with Crippen molar-refractivity contribution in [3.8, 4) is 0 Å². The second-order valence-corrected chi connectivity index (χ2v) is 9.58. The first-order chi connectivity index (χ1) is 15.0. The van der Waals surface area contributed by atoms with Gasteiger partial charge in [0.25, 0.3) is 0 Å². The van der Waals surface area contributed by atoms with E-state index in [1.54, 1.807) is 0 Å². The average molecular weight is 446 g/mol. The first-order valence-electron chi connectivity index (χ1n) is 11.0. The van der Waals surface area contributed by atoms with E-state index in [1.807, 2.05) is 0 Å². The van der Waals surface area contributed by atoms with Crippen LogP contribution < -0.4 is 16.0 Å². The zero-order valence-corrected chi connectivity index (χ0v) is 19.1. The SMILES string of the molecule is CC(=O)NC(Cc1cc(F)cc(F)c1)C(O)CNC1CCNc2ccc(C(C)(C)C)cc21. The number of rotatable bonds is 7. The topological polar surface area (TPSA) is 73.4 Å². The molecule has 0 saturated carbocycles. The van der Waals surface area contributed by atoms with Gasteiger partial charge in [-0.3, -0.25) is 4.79 Å². The van der Waals surface area contributed by atoms with Crippen molar-refractivity contribution in [2.24, 2.45) is 0 Å². The van der Waals surface area contributed by atoms with Crippen LogP contribution >= 0.6 is 0 Å². The third-order valence-electron chi connectivity index (χ3n) is 5.85. The lowest BCUT2D eigenvalue weighted by molar-refractivity contribution is -0.120. The maximum atomic E-state index is 13.6. The number of carbonyl (C=O) groups excluding carboxylic acids is 1. The van der Waals surface area contributed by atoms with Gasteiger partial charge in [-0.1, -0.05) is 32.9 Å². The average Bonchev–Trinajstić information content (AvgIpc) is 2.69. The van der Waals surface area contributed by atoms with Crippen molar-refractivity contribution in [3.05, 3.63) is 64.7 Å². The van der Waals surface area contributed by atoms with Crippen molar-refractivity contribution < 1.29 is 18.7 Å². The van der Waals surface area contributed by atoms with Gasteiger partial charge in [0.1, 0.15) is 11.6 Å². The second kappa shape index (κ2) is 9.96. The van der Waals surface area contributed by atoms with Gasteiger partial charge >= 0.3 is 0 Å². The van der Waals surface area contributed by atoms with Crippen molar-refractivity contribution in [3.63, 3.8) is 0 Å². The van der Waals surface area contributed by atoms with E-state index in [9.17, 15) is 18.7 Å². The lowest BCUT2D eigenvalue weighted by Gasteiger charge is -2.32. The van der Waals surface area contributed by atoms with Crippen molar-refractivity contribution in [1.82, 2.24) is 10.6 Å². The van der Waals surface area contributed by atoms with Crippen LogP contribution in [0.3, 0.4) is 0 Å². The lowest BCUT2D eigenvalue weighted by atomic mass is 9.84. The van der Waals surface area contributed by atoms with Gasteiger partial charge in [-0.2, -0.15) is 0 Å². The minimum absolute atomic E-state index is 0.0211. The molecule has 0 radical (unpaired) electrons. The van der Waals surface area contributed by atoms with Crippen LogP contribution in [0.2, 0.25) is 0 Å². The quantitative estimate of drug-likeness (QED) is 0.523. The van der Waals surface area contributed by atoms with E-state index >= 15 is 0 Å². The molecule has 3 unspecified atom stereocenters. The maximum absolute atomic E-state index is 13.6. The lowest BCUT2D eigenvalue weighted by Crippen LogP contribution is -2.48. The van der Waals surface area contributed by atoms with Crippen molar-refractivity contribution in [1.29, 1.82) is 0 Å². The van der Waals surface area contributed by atoms with Crippen LogP contribution in [0.4, 0.5) is 14.5 Å². The van der Waals surface area contributed by atoms with E-state index in [4.69, 9.17) is 0 Å². The standard InChI is InChI=1S/C25H33F2N3O2/c1-15(31)30-23(11-16-9-18(26)13-19(27)10-16)24(32)14-29-22-7-8-28-21-6-5-17(12-20(21)22)25(2,3)4/h5-6,9-10,12-13,22-24,28-29,32H,7-8,11,14H2,1-4H3,(H,30,31). The molecule has 2 aromatic carbocycles. The van der Waals surface area contributed by atoms with Crippen molar-refractivity contribution >= 4 is 11.6 Å². The Hall–Kier alpha value is -2.51. The van der Waals surface area contributed by atoms with Gasteiger partial charge in [-0.15, -0.1) is 0 Å². The monoisotopic (exact) mass is 445 g/mol. The van der Waals surface area contributed by atoms with Gasteiger partial charge in [0.05, 0.1) is 12.1 Å². The van der Waals surface area contributed by atoms with Gasteiger partial charge in [-0.05, 0) is 53.1 Å². The third kappa shape index (κ3) is 6.26. The molecule has 2 aromatic rings. The molecule has 4 N–H and O–H groups in total. The Balaban J connectivity index is 1.72. The number of halogens is 2. The number of aliphatic hydroxyl groups is 1. The van der Waals surface area contributed by atoms with Gasteiger partial charge in [0.2, 0.25) is 5.91 Å². The third-order valence-corrected chi connectivity index (χ3v) is 5.85. The highest BCUT2D eigenvalue weighted by Gasteiger charge is 2.26. The van der Waals surface area contributed by atoms with E-state index in [1.165, 1.54) is 24.6 Å². The summed E-state index contributed by atoms with van der Waals surface area (Å²) >= 11 is 0. The molecular weight excluding hydrogens is 412 g/mol. The molecule has 1 aliphatic heterocycles. The molecule has 0 saturated heterocycles. The van der Waals surface area contributed by atoms with Crippen LogP contribution in [0.25, 0.3) is 0 Å². The highest BCUT2D eigenvalue weighted by molar-refractivity contribution is 5.73. The summed E-state index contributed by atoms with van der Waals surface area (Å²) < 4.78 is 27.2. The predicted molar refractivity (Wildman–Crippen MR) is 123 cm³/mol. The van der Waals surface area contributed by atoms with Crippen LogP contribution in [0.5, 0.6) is 0 Å². The fraction of sp³-hybridized carbons (Fsp3) is 0.480. The molecule has 1 heterocycles. The fourth-order valence-corrected chi connectivity index (χ4v) is 4.13. The van der Waals surface area contributed by atoms with Crippen LogP contribution in [0, 0.1) is 11.6 Å². The van der Waals surface area contributed by atoms with Gasteiger partial charge < -0.3 is 21.1 Å². The fourth-order valence-electron chi connectivity index (χ4n) is 4.13. The Morgan fingerprint density at radius 1 is 1.19 bits per heavy atom. The van der Waals surface area contributed by atoms with Crippen molar-refractivity contribution in [2.45, 2.75) is 64.1 Å². The molecule has 5 nitrogen and oxygen atoms in total. The maximum Gasteiger partial charge on any atom is 0.217 e. The predicted octanol–water partition coefficient (Wildman–Crippen LogP) is 3.82. The summed E-state index contributed by atoms with van der Waals surface area (Å²) in [6.07, 6.45) is 0.0378. The number of aliphatic hydroxyl groups excluding tert-OH is 1. The van der Waals surface area contributed by atoms with E-state index in [-0.39, 0.29) is 30.3 Å². The minimum Gasteiger partial charge on any atom is -0.390 e. The van der Waals surface area contributed by atoms with E-state index in [0.717, 1.165) is 30.3 Å². The molecule has 0 fully saturated rings. The molecule has 174 valence electrons. The molecule has 7 heteroatoms. The molecule has 0 spiro atoms. The summed E-state index contributed by atoms with van der Waals surface area (Å²) in [5.74, 6) is -1.68. The number of hydrogen-bond donors (Lipinski definition) is 4. The molecule has 1 amide bonds. The number of carbonyl (C=O) groups is 1. The second-order valence-electron chi connectivity index (χ2n) is 9.58. The summed E-state index contributed by atoms with van der Waals surface area (Å²) in [6, 6.07) is 9.04. The molecule has 0 bridgehead atoms. The van der Waals surface area contributed by atoms with Gasteiger partial charge in [0, 0.05) is 37.8 Å². The molecule has 0 aromatic heterocycles. The number of fused-ring (bicyclic) bond motifs is 1. The Morgan fingerprint density at radius 3 is 2.50 bits per heavy atom. The Labute approximate surface area is 188 Å². The zero-order chi connectivity index (χ0) is 23.5. The highest BCUT2D eigenvalue weighted by Crippen LogP contribution is 2.34. The molecule has 3 rings (SSSR count). The van der Waals surface area contributed by atoms with Crippen molar-refractivity contribution in [2.75, 3.05) is 18.4 Å². The molecular formula is C25H33F2N3O2. The Morgan fingerprint density at radius 2 is 1.88 bits per heavy atom. The van der Waals surface area contributed by atoms with Crippen LogP contribution in [0.1, 0.15) is 56.8 Å². The molecule has 3 atom stereocenters. The van der Waals surface area contributed by atoms with Crippen LogP contribution in [-0.2, 0) is 16.6 Å². The number of benzene rings is 2. The first kappa shape index (κ1) is 24.1. The largest absolute Gasteiger partial charge is 0.390 e. The first-order valence-corrected chi connectivity index (χ1v) is 11.0. The summed E-state index contributed by atoms with van der Waals surface area (Å²) in [6.45, 7) is 8.91. The van der Waals surface area contributed by atoms with Gasteiger partial charge in [-0.25, -0.2) is 8.78 Å². The highest BCUT2D eigenvalue weighted by atomic mass is 19.1. The minimum atomic E-state index is -0.936. The summed E-state index contributed by atoms with van der Waals surface area (Å²) in [5, 5.41) is 20.4. The van der Waals surface area contributed by atoms with Gasteiger partial charge in [0.15, 0.2) is 0 Å². The summed E-state index contributed by atoms with van der Waals surface area (Å²) in [7, 11) is 0. The Kier molecular flexibility index (Phi) is 7.51. The van der Waals surface area contributed by atoms with Crippen LogP contribution in [-0.4, -0.2) is 36.2 Å². The smallest absolute Gasteiger partial charge is 0.217 e. The number of anilines is 1. The van der Waals surface area contributed by atoms with Crippen LogP contribution in [0.15, 0.2) is 36.4 Å². The zero-order valence-electron chi connectivity index (χ0n) is 19.1. The molecule has 1 aliphatic rings. The summed E-state index contributed by atoms with van der Waals surface area (Å²) in [5.41, 5.74) is 3.86. The number of nitrogens with one attached hydrogen (secondary N) is 3. The van der Waals surface area contributed by atoms with E-state index in [2.05, 4.69) is 54.9 Å². The van der Waals surface area contributed by atoms with E-state index in [0.29, 0.717) is 5.56 Å². The number of hydrogen-bond acceptors (Lipinski definition) is 4. The Bertz CT molecular complexity index is 938. The van der Waals surface area contributed by atoms with E-state index < -0.39 is 23.8 Å². The normalized spacial score (nSPS) is 17.8. The number of amides is 1.